The molecule has 2 heterocycles. The number of halogens is 4. The molecule has 14 heteroatoms. The zero-order chi connectivity index (χ0) is 47.4. The standard InChI is InChI=1S/C29H27Cl2N3O2.C25H25Cl2N3O2/c1-18-11-12-19-7-3-6-10-22(19)27(18)33-29(34-28-23(30)16-32-17-24(28)31)20-13-14-25(35-2)26(15-20)36-21-8-4-5-9-21;1-31-22-12-11-18(13-23(22)32-19-9-5-6-10-19)25(29-14-17-7-3-2-4-8-17)30-24-20(26)15-28-16-21(24)27/h3,6-7,10-17,21H,4-5,8-9H2,1-2H3,(H,32,33,34);2-4,7-8,11-13,15-16,19H,5-6,9-10,14H2,1H3,(H,28,29,30). The zero-order valence-electron chi connectivity index (χ0n) is 38.1. The number of hydrogen-bond donors (Lipinski definition) is 2. The summed E-state index contributed by atoms with van der Waals surface area (Å²) in [5, 5.41) is 10.7. The Morgan fingerprint density at radius 1 is 0.574 bits per heavy atom. The van der Waals surface area contributed by atoms with E-state index in [0.29, 0.717) is 72.7 Å². The van der Waals surface area contributed by atoms with Gasteiger partial charge < -0.3 is 29.6 Å². The predicted octanol–water partition coefficient (Wildman–Crippen LogP) is 15.1. The number of rotatable bonds is 13. The van der Waals surface area contributed by atoms with E-state index in [2.05, 4.69) is 51.8 Å². The first kappa shape index (κ1) is 48.4. The Balaban J connectivity index is 0.000000185. The molecule has 9 rings (SSSR count). The van der Waals surface area contributed by atoms with Crippen molar-refractivity contribution in [2.75, 3.05) is 24.9 Å². The van der Waals surface area contributed by atoms with Gasteiger partial charge in [0.05, 0.1) is 64.4 Å². The topological polar surface area (TPSA) is 111 Å². The van der Waals surface area contributed by atoms with E-state index in [1.54, 1.807) is 26.6 Å². The maximum atomic E-state index is 6.46. The number of aliphatic imine (C=N–C) groups is 2. The van der Waals surface area contributed by atoms with Gasteiger partial charge in [0, 0.05) is 41.3 Å². The van der Waals surface area contributed by atoms with E-state index in [9.17, 15) is 0 Å². The lowest BCUT2D eigenvalue weighted by Gasteiger charge is -2.19. The van der Waals surface area contributed by atoms with Crippen LogP contribution in [0.3, 0.4) is 0 Å². The largest absolute Gasteiger partial charge is 0.493 e. The Morgan fingerprint density at radius 2 is 1.09 bits per heavy atom. The summed E-state index contributed by atoms with van der Waals surface area (Å²) >= 11 is 25.6. The minimum Gasteiger partial charge on any atom is -0.493 e. The monoisotopic (exact) mass is 988 g/mol. The number of pyridine rings is 2. The molecular weight excluding hydrogens is 938 g/mol. The molecule has 0 radical (unpaired) electrons. The van der Waals surface area contributed by atoms with E-state index < -0.39 is 0 Å². The third kappa shape index (κ3) is 12.2. The average molecular weight is 991 g/mol. The van der Waals surface area contributed by atoms with Crippen molar-refractivity contribution in [3.05, 3.63) is 170 Å². The Labute approximate surface area is 417 Å². The summed E-state index contributed by atoms with van der Waals surface area (Å²) in [5.41, 5.74) is 5.81. The summed E-state index contributed by atoms with van der Waals surface area (Å²) in [6.07, 6.45) is 15.5. The zero-order valence-corrected chi connectivity index (χ0v) is 41.1. The Hall–Kier alpha value is -6.04. The third-order valence-electron chi connectivity index (χ3n) is 11.9. The van der Waals surface area contributed by atoms with Gasteiger partial charge in [-0.05, 0) is 111 Å². The molecular formula is C54H52Cl4N6O4. The van der Waals surface area contributed by atoms with Gasteiger partial charge in [-0.1, -0.05) is 113 Å². The van der Waals surface area contributed by atoms with Crippen LogP contribution in [-0.4, -0.2) is 48.1 Å². The summed E-state index contributed by atoms with van der Waals surface area (Å²) in [6.45, 7) is 2.57. The van der Waals surface area contributed by atoms with Crippen LogP contribution in [0, 0.1) is 6.92 Å². The van der Waals surface area contributed by atoms with Crippen molar-refractivity contribution in [1.29, 1.82) is 0 Å². The number of methoxy groups -OCH3 is 2. The number of aryl methyl sites for hydroxylation is 1. The summed E-state index contributed by atoms with van der Waals surface area (Å²) in [7, 11) is 3.30. The van der Waals surface area contributed by atoms with Gasteiger partial charge in [-0.15, -0.1) is 0 Å². The number of ether oxygens (including phenoxy) is 4. The number of aromatic nitrogens is 2. The fraction of sp³-hybridized carbons (Fsp3) is 0.259. The molecule has 2 saturated carbocycles. The molecule has 68 heavy (non-hydrogen) atoms. The second kappa shape index (κ2) is 23.3. The van der Waals surface area contributed by atoms with E-state index in [4.69, 9.17) is 75.3 Å². The van der Waals surface area contributed by atoms with Crippen molar-refractivity contribution < 1.29 is 18.9 Å². The van der Waals surface area contributed by atoms with Crippen LogP contribution < -0.4 is 29.6 Å². The Kier molecular flexibility index (Phi) is 16.6. The maximum absolute atomic E-state index is 6.46. The van der Waals surface area contributed by atoms with E-state index in [-0.39, 0.29) is 12.2 Å². The lowest BCUT2D eigenvalue weighted by molar-refractivity contribution is 0.200. The minimum absolute atomic E-state index is 0.187. The van der Waals surface area contributed by atoms with Crippen LogP contribution in [0.5, 0.6) is 23.0 Å². The molecule has 2 N–H and O–H groups in total. The number of fused-ring (bicyclic) bond motifs is 1. The third-order valence-corrected chi connectivity index (χ3v) is 13.0. The molecule has 2 fully saturated rings. The first-order valence-electron chi connectivity index (χ1n) is 22.6. The van der Waals surface area contributed by atoms with Crippen molar-refractivity contribution >= 4 is 85.9 Å². The summed E-state index contributed by atoms with van der Waals surface area (Å²) in [5.74, 6) is 4.00. The number of amidine groups is 2. The molecule has 7 aromatic rings. The van der Waals surface area contributed by atoms with Gasteiger partial charge in [0.15, 0.2) is 23.0 Å². The Morgan fingerprint density at radius 3 is 1.66 bits per heavy atom. The normalized spacial score (nSPS) is 14.3. The second-order valence-electron chi connectivity index (χ2n) is 16.5. The Bertz CT molecular complexity index is 2860. The number of nitrogens with one attached hydrogen (secondary N) is 2. The number of anilines is 2. The molecule has 0 aliphatic heterocycles. The van der Waals surface area contributed by atoms with E-state index in [0.717, 1.165) is 64.4 Å². The molecule has 10 nitrogen and oxygen atoms in total. The highest BCUT2D eigenvalue weighted by atomic mass is 35.5. The van der Waals surface area contributed by atoms with Crippen molar-refractivity contribution in [2.24, 2.45) is 9.98 Å². The summed E-state index contributed by atoms with van der Waals surface area (Å²) in [4.78, 5) is 17.8. The molecule has 0 bridgehead atoms. The molecule has 2 aliphatic carbocycles. The van der Waals surface area contributed by atoms with Crippen molar-refractivity contribution in [3.63, 3.8) is 0 Å². The van der Waals surface area contributed by atoms with Crippen LogP contribution in [0.4, 0.5) is 17.1 Å². The fourth-order valence-electron chi connectivity index (χ4n) is 8.26. The lowest BCUT2D eigenvalue weighted by atomic mass is 10.0. The SMILES string of the molecule is COc1ccc(C(=NCc2ccccc2)Nc2c(Cl)cncc2Cl)cc1OC1CCCC1.COc1ccc(C(=Nc2c(Cl)cncc2Cl)Nc2c(C)ccc3ccccc23)cc1OC1CCCC1. The van der Waals surface area contributed by atoms with Gasteiger partial charge in [-0.2, -0.15) is 0 Å². The van der Waals surface area contributed by atoms with Crippen molar-refractivity contribution in [3.8, 4) is 23.0 Å². The first-order valence-corrected chi connectivity index (χ1v) is 24.2. The summed E-state index contributed by atoms with van der Waals surface area (Å²) in [6, 6.07) is 34.1. The highest BCUT2D eigenvalue weighted by Gasteiger charge is 2.22. The molecule has 0 spiro atoms. The summed E-state index contributed by atoms with van der Waals surface area (Å²) < 4.78 is 23.8. The first-order chi connectivity index (χ1) is 33.2. The predicted molar refractivity (Wildman–Crippen MR) is 279 cm³/mol. The van der Waals surface area contributed by atoms with E-state index in [1.807, 2.05) is 78.9 Å². The molecule has 0 saturated heterocycles. The van der Waals surface area contributed by atoms with Gasteiger partial charge in [0.25, 0.3) is 0 Å². The smallest absolute Gasteiger partial charge is 0.162 e. The molecule has 0 atom stereocenters. The average Bonchev–Trinajstić information content (AvgIpc) is 4.08. The van der Waals surface area contributed by atoms with Gasteiger partial charge in [0.1, 0.15) is 17.4 Å². The fourth-order valence-corrected chi connectivity index (χ4v) is 9.17. The molecule has 350 valence electrons. The highest BCUT2D eigenvalue weighted by molar-refractivity contribution is 6.40. The van der Waals surface area contributed by atoms with Crippen LogP contribution in [0.1, 0.15) is 73.6 Å². The van der Waals surface area contributed by atoms with E-state index in [1.165, 1.54) is 38.1 Å². The van der Waals surface area contributed by atoms with Crippen LogP contribution in [0.25, 0.3) is 10.8 Å². The van der Waals surface area contributed by atoms with Gasteiger partial charge in [-0.25, -0.2) is 4.99 Å². The molecule has 0 unspecified atom stereocenters. The molecule has 2 aliphatic rings. The van der Waals surface area contributed by atoms with Gasteiger partial charge in [0.2, 0.25) is 0 Å². The van der Waals surface area contributed by atoms with Gasteiger partial charge in [-0.3, -0.25) is 15.0 Å². The van der Waals surface area contributed by atoms with Gasteiger partial charge >= 0.3 is 0 Å². The van der Waals surface area contributed by atoms with Crippen LogP contribution in [-0.2, 0) is 6.54 Å². The quantitative estimate of drug-likeness (QED) is 0.0868. The molecule has 2 aromatic heterocycles. The second-order valence-corrected chi connectivity index (χ2v) is 18.2. The number of hydrogen-bond acceptors (Lipinski definition) is 8. The van der Waals surface area contributed by atoms with Crippen molar-refractivity contribution in [1.82, 2.24) is 9.97 Å². The molecule has 0 amide bonds. The van der Waals surface area contributed by atoms with Crippen LogP contribution >= 0.6 is 46.4 Å². The lowest BCUT2D eigenvalue weighted by Crippen LogP contribution is -2.16. The number of nitrogens with zero attached hydrogens (tertiary/aromatic N) is 4. The minimum atomic E-state index is 0.187. The molecule has 5 aromatic carbocycles. The number of benzene rings is 5. The van der Waals surface area contributed by atoms with Crippen molar-refractivity contribution in [2.45, 2.75) is 77.0 Å². The van der Waals surface area contributed by atoms with E-state index >= 15 is 0 Å². The van der Waals surface area contributed by atoms with Crippen LogP contribution in [0.15, 0.2) is 138 Å². The van der Waals surface area contributed by atoms with Crippen LogP contribution in [0.2, 0.25) is 20.1 Å². The maximum Gasteiger partial charge on any atom is 0.162 e. The highest BCUT2D eigenvalue weighted by Crippen LogP contribution is 2.38.